The lowest BCUT2D eigenvalue weighted by Crippen LogP contribution is -2.14. The van der Waals surface area contributed by atoms with E-state index in [1.54, 1.807) is 0 Å². The summed E-state index contributed by atoms with van der Waals surface area (Å²) in [5.41, 5.74) is 0. The van der Waals surface area contributed by atoms with Crippen molar-refractivity contribution in [2.75, 3.05) is 20.6 Å². The average molecular weight is 281 g/mol. The molecule has 0 aliphatic rings. The molecule has 118 valence electrons. The second-order valence-corrected chi connectivity index (χ2v) is 6.11. The topological polar surface area (TPSA) is 20.3 Å². The minimum atomic E-state index is 0.261. The van der Waals surface area contributed by atoms with Crippen LogP contribution in [0.2, 0.25) is 0 Å². The Bertz CT molecular complexity index is 258. The number of rotatable bonds is 13. The zero-order valence-corrected chi connectivity index (χ0v) is 14.2. The van der Waals surface area contributed by atoms with E-state index in [-0.39, 0.29) is 5.92 Å². The molecule has 0 bridgehead atoms. The third-order valence-electron chi connectivity index (χ3n) is 3.72. The van der Waals surface area contributed by atoms with Gasteiger partial charge in [-0.25, -0.2) is 0 Å². The predicted molar refractivity (Wildman–Crippen MR) is 89.1 cm³/mol. The molecule has 0 rings (SSSR count). The summed E-state index contributed by atoms with van der Waals surface area (Å²) in [7, 11) is 4.05. The Balaban J connectivity index is 4.18. The molecule has 20 heavy (non-hydrogen) atoms. The molecule has 0 saturated heterocycles. The van der Waals surface area contributed by atoms with Gasteiger partial charge in [-0.15, -0.1) is 0 Å². The Hall–Kier alpha value is -0.630. The molecule has 0 N–H and O–H groups in total. The third-order valence-corrected chi connectivity index (χ3v) is 3.72. The molecule has 0 amide bonds. The van der Waals surface area contributed by atoms with Gasteiger partial charge in [-0.1, -0.05) is 64.9 Å². The second kappa shape index (κ2) is 13.4. The van der Waals surface area contributed by atoms with Crippen molar-refractivity contribution in [3.05, 3.63) is 12.2 Å². The van der Waals surface area contributed by atoms with Crippen molar-refractivity contribution in [2.24, 2.45) is 5.92 Å². The summed E-state index contributed by atoms with van der Waals surface area (Å²) in [6, 6.07) is 0. The van der Waals surface area contributed by atoms with Crippen molar-refractivity contribution < 1.29 is 4.79 Å². The smallest absolute Gasteiger partial charge is 0.158 e. The van der Waals surface area contributed by atoms with E-state index in [0.717, 1.165) is 19.4 Å². The van der Waals surface area contributed by atoms with Gasteiger partial charge < -0.3 is 4.90 Å². The van der Waals surface area contributed by atoms with Gasteiger partial charge in [-0.3, -0.25) is 4.79 Å². The Labute approximate surface area is 126 Å². The van der Waals surface area contributed by atoms with Gasteiger partial charge in [-0.05, 0) is 33.0 Å². The van der Waals surface area contributed by atoms with Crippen molar-refractivity contribution >= 4 is 5.78 Å². The normalized spacial score (nSPS) is 13.2. The van der Waals surface area contributed by atoms with Crippen LogP contribution in [-0.4, -0.2) is 31.3 Å². The molecule has 1 atom stereocenters. The summed E-state index contributed by atoms with van der Waals surface area (Å²) in [5, 5.41) is 0. The summed E-state index contributed by atoms with van der Waals surface area (Å²) < 4.78 is 0. The van der Waals surface area contributed by atoms with Crippen LogP contribution in [0.5, 0.6) is 0 Å². The van der Waals surface area contributed by atoms with Gasteiger partial charge in [0.1, 0.15) is 0 Å². The van der Waals surface area contributed by atoms with E-state index >= 15 is 0 Å². The molecule has 0 saturated carbocycles. The standard InChI is InChI=1S/C18H35NO/c1-5-7-9-11-14-17(13-10-8-6-2)18(20)15-12-16-19(3)4/h12,15,17H,5-11,13-14,16H2,1-4H3/b15-12+. The van der Waals surface area contributed by atoms with E-state index in [2.05, 4.69) is 18.7 Å². The van der Waals surface area contributed by atoms with Crippen LogP contribution in [0, 0.1) is 5.92 Å². The molecule has 0 aliphatic carbocycles. The van der Waals surface area contributed by atoms with Gasteiger partial charge >= 0.3 is 0 Å². The molecule has 0 aliphatic heterocycles. The van der Waals surface area contributed by atoms with Gasteiger partial charge in [0, 0.05) is 12.5 Å². The van der Waals surface area contributed by atoms with Crippen LogP contribution in [0.25, 0.3) is 0 Å². The number of hydrogen-bond donors (Lipinski definition) is 0. The molecule has 0 aromatic heterocycles. The van der Waals surface area contributed by atoms with Crippen LogP contribution < -0.4 is 0 Å². The lowest BCUT2D eigenvalue weighted by atomic mass is 9.91. The molecule has 2 nitrogen and oxygen atoms in total. The Morgan fingerprint density at radius 3 is 2.05 bits per heavy atom. The van der Waals surface area contributed by atoms with Crippen molar-refractivity contribution in [1.29, 1.82) is 0 Å². The molecule has 0 aromatic rings. The number of likely N-dealkylation sites (N-methyl/N-ethyl adjacent to an activating group) is 1. The monoisotopic (exact) mass is 281 g/mol. The highest BCUT2D eigenvalue weighted by Crippen LogP contribution is 2.19. The van der Waals surface area contributed by atoms with Crippen LogP contribution in [0.4, 0.5) is 0 Å². The van der Waals surface area contributed by atoms with Crippen molar-refractivity contribution in [3.8, 4) is 0 Å². The van der Waals surface area contributed by atoms with E-state index in [9.17, 15) is 4.79 Å². The Morgan fingerprint density at radius 1 is 0.950 bits per heavy atom. The summed E-state index contributed by atoms with van der Waals surface area (Å²) in [6.07, 6.45) is 14.7. The summed E-state index contributed by atoms with van der Waals surface area (Å²) >= 11 is 0. The number of carbonyl (C=O) groups excluding carboxylic acids is 1. The molecular formula is C18H35NO. The molecule has 0 radical (unpaired) electrons. The maximum atomic E-state index is 12.3. The van der Waals surface area contributed by atoms with Crippen LogP contribution in [0.15, 0.2) is 12.2 Å². The maximum absolute atomic E-state index is 12.3. The first-order chi connectivity index (χ1) is 9.61. The van der Waals surface area contributed by atoms with Gasteiger partial charge in [0.2, 0.25) is 0 Å². The van der Waals surface area contributed by atoms with Crippen LogP contribution in [0.1, 0.15) is 71.6 Å². The summed E-state index contributed by atoms with van der Waals surface area (Å²) in [4.78, 5) is 14.4. The number of unbranched alkanes of at least 4 members (excludes halogenated alkanes) is 5. The number of hydrogen-bond acceptors (Lipinski definition) is 2. The number of carbonyl (C=O) groups is 1. The Morgan fingerprint density at radius 2 is 1.50 bits per heavy atom. The average Bonchev–Trinajstić information content (AvgIpc) is 2.41. The molecule has 0 fully saturated rings. The fraction of sp³-hybridized carbons (Fsp3) is 0.833. The van der Waals surface area contributed by atoms with Gasteiger partial charge in [0.05, 0.1) is 0 Å². The highest BCUT2D eigenvalue weighted by molar-refractivity contribution is 5.91. The van der Waals surface area contributed by atoms with Crippen LogP contribution in [-0.2, 0) is 4.79 Å². The fourth-order valence-electron chi connectivity index (χ4n) is 2.40. The first kappa shape index (κ1) is 19.4. The number of allylic oxidation sites excluding steroid dienone is 1. The van der Waals surface area contributed by atoms with Crippen molar-refractivity contribution in [1.82, 2.24) is 4.90 Å². The van der Waals surface area contributed by atoms with E-state index in [1.807, 2.05) is 26.2 Å². The van der Waals surface area contributed by atoms with Crippen LogP contribution >= 0.6 is 0 Å². The third kappa shape index (κ3) is 11.2. The predicted octanol–water partition coefficient (Wildman–Crippen LogP) is 4.84. The number of ketones is 1. The quantitative estimate of drug-likeness (QED) is 0.355. The largest absolute Gasteiger partial charge is 0.306 e. The van der Waals surface area contributed by atoms with E-state index in [4.69, 9.17) is 0 Å². The van der Waals surface area contributed by atoms with E-state index in [1.165, 1.54) is 44.9 Å². The molecule has 0 spiro atoms. The lowest BCUT2D eigenvalue weighted by Gasteiger charge is -2.14. The first-order valence-corrected chi connectivity index (χ1v) is 8.46. The van der Waals surface area contributed by atoms with E-state index in [0.29, 0.717) is 5.78 Å². The minimum absolute atomic E-state index is 0.261. The molecule has 1 unspecified atom stereocenters. The zero-order chi connectivity index (χ0) is 15.2. The van der Waals surface area contributed by atoms with Crippen LogP contribution in [0.3, 0.4) is 0 Å². The van der Waals surface area contributed by atoms with E-state index < -0.39 is 0 Å². The maximum Gasteiger partial charge on any atom is 0.158 e. The van der Waals surface area contributed by atoms with Crippen molar-refractivity contribution in [2.45, 2.75) is 71.6 Å². The lowest BCUT2D eigenvalue weighted by molar-refractivity contribution is -0.118. The fourth-order valence-corrected chi connectivity index (χ4v) is 2.40. The molecular weight excluding hydrogens is 246 g/mol. The highest BCUT2D eigenvalue weighted by atomic mass is 16.1. The van der Waals surface area contributed by atoms with Crippen molar-refractivity contribution in [3.63, 3.8) is 0 Å². The Kier molecular flexibility index (Phi) is 12.9. The zero-order valence-electron chi connectivity index (χ0n) is 14.2. The van der Waals surface area contributed by atoms with Gasteiger partial charge in [-0.2, -0.15) is 0 Å². The second-order valence-electron chi connectivity index (χ2n) is 6.11. The molecule has 2 heteroatoms. The summed E-state index contributed by atoms with van der Waals surface area (Å²) in [5.74, 6) is 0.608. The minimum Gasteiger partial charge on any atom is -0.306 e. The highest BCUT2D eigenvalue weighted by Gasteiger charge is 2.14. The SMILES string of the molecule is CCCCCCC(CCCCC)C(=O)/C=C/CN(C)C. The molecule has 0 heterocycles. The van der Waals surface area contributed by atoms with Gasteiger partial charge in [0.25, 0.3) is 0 Å². The molecule has 0 aromatic carbocycles. The van der Waals surface area contributed by atoms with Gasteiger partial charge in [0.15, 0.2) is 5.78 Å². The summed E-state index contributed by atoms with van der Waals surface area (Å²) in [6.45, 7) is 5.30. The first-order valence-electron chi connectivity index (χ1n) is 8.46. The number of nitrogens with zero attached hydrogens (tertiary/aromatic N) is 1.